The molecule has 8 heteroatoms. The van der Waals surface area contributed by atoms with E-state index in [1.165, 1.54) is 14.2 Å². The van der Waals surface area contributed by atoms with Gasteiger partial charge in [0.1, 0.15) is 16.6 Å². The Labute approximate surface area is 124 Å². The van der Waals surface area contributed by atoms with Crippen LogP contribution in [0.1, 0.15) is 16.1 Å². The van der Waals surface area contributed by atoms with Gasteiger partial charge in [-0.05, 0) is 18.2 Å². The highest BCUT2D eigenvalue weighted by Gasteiger charge is 2.13. The van der Waals surface area contributed by atoms with Crippen molar-refractivity contribution in [1.82, 2.24) is 9.59 Å². The molecule has 1 aromatic heterocycles. The molecule has 0 saturated heterocycles. The number of methoxy groups -OCH3 is 2. The molecule has 0 amide bonds. The minimum atomic E-state index is -0.443. The van der Waals surface area contributed by atoms with E-state index in [9.17, 15) is 4.79 Å². The van der Waals surface area contributed by atoms with Crippen LogP contribution in [0.4, 0.5) is 0 Å². The predicted octanol–water partition coefficient (Wildman–Crippen LogP) is 2.57. The summed E-state index contributed by atoms with van der Waals surface area (Å²) in [5.41, 5.74) is 0.931. The Morgan fingerprint density at radius 1 is 1.35 bits per heavy atom. The van der Waals surface area contributed by atoms with E-state index in [0.29, 0.717) is 27.1 Å². The van der Waals surface area contributed by atoms with Gasteiger partial charge >= 0.3 is 5.97 Å². The molecule has 0 saturated carbocycles. The summed E-state index contributed by atoms with van der Waals surface area (Å²) in [7, 11) is 2.80. The molecular formula is C12H11ClN2O4S. The zero-order valence-electron chi connectivity index (χ0n) is 10.8. The van der Waals surface area contributed by atoms with Crippen molar-refractivity contribution in [3.8, 4) is 11.5 Å². The first-order valence-corrected chi connectivity index (χ1v) is 6.66. The first-order valence-electron chi connectivity index (χ1n) is 5.51. The van der Waals surface area contributed by atoms with Crippen LogP contribution >= 0.6 is 23.1 Å². The summed E-state index contributed by atoms with van der Waals surface area (Å²) in [6, 6.07) is 4.76. The van der Waals surface area contributed by atoms with Crippen molar-refractivity contribution < 1.29 is 19.0 Å². The van der Waals surface area contributed by atoms with Crippen LogP contribution < -0.4 is 9.47 Å². The molecule has 0 spiro atoms. The van der Waals surface area contributed by atoms with Gasteiger partial charge in [-0.15, -0.1) is 5.10 Å². The third-order valence-electron chi connectivity index (χ3n) is 2.46. The molecule has 20 heavy (non-hydrogen) atoms. The Kier molecular flexibility index (Phi) is 4.75. The largest absolute Gasteiger partial charge is 0.493 e. The van der Waals surface area contributed by atoms with Gasteiger partial charge < -0.3 is 14.2 Å². The molecule has 2 rings (SSSR count). The summed E-state index contributed by atoms with van der Waals surface area (Å²) in [6.45, 7) is 0.170. The van der Waals surface area contributed by atoms with Crippen LogP contribution in [0.2, 0.25) is 4.34 Å². The highest BCUT2D eigenvalue weighted by atomic mass is 35.5. The van der Waals surface area contributed by atoms with Crippen molar-refractivity contribution in [2.45, 2.75) is 6.61 Å². The van der Waals surface area contributed by atoms with Crippen LogP contribution in [-0.2, 0) is 11.3 Å². The molecule has 0 aliphatic rings. The lowest BCUT2D eigenvalue weighted by Gasteiger charge is -2.10. The molecule has 0 aliphatic carbocycles. The summed E-state index contributed by atoms with van der Waals surface area (Å²) in [4.78, 5) is 11.4. The van der Waals surface area contributed by atoms with Crippen molar-refractivity contribution >= 4 is 29.1 Å². The van der Waals surface area contributed by atoms with Gasteiger partial charge in [0.05, 0.1) is 19.8 Å². The zero-order valence-corrected chi connectivity index (χ0v) is 12.3. The van der Waals surface area contributed by atoms with E-state index in [1.54, 1.807) is 18.2 Å². The standard InChI is InChI=1S/C12H11ClN2O4S/c1-17-10-5-7(12(16)18-2)3-4-9(10)19-6-8-11(13)20-15-14-8/h3-5H,6H2,1-2H3. The first kappa shape index (κ1) is 14.5. The minimum absolute atomic E-state index is 0.170. The molecule has 0 bridgehead atoms. The SMILES string of the molecule is COC(=O)c1ccc(OCc2nnsc2Cl)c(OC)c1. The molecule has 0 fully saturated rings. The molecule has 2 aromatic rings. The van der Waals surface area contributed by atoms with Gasteiger partial charge in [-0.2, -0.15) is 0 Å². The van der Waals surface area contributed by atoms with Gasteiger partial charge in [0, 0.05) is 11.5 Å². The van der Waals surface area contributed by atoms with Gasteiger partial charge in [0.25, 0.3) is 0 Å². The summed E-state index contributed by atoms with van der Waals surface area (Å²) in [6.07, 6.45) is 0. The number of nitrogens with zero attached hydrogens (tertiary/aromatic N) is 2. The Hall–Kier alpha value is -1.86. The summed E-state index contributed by atoms with van der Waals surface area (Å²) >= 11 is 6.98. The maximum absolute atomic E-state index is 11.4. The van der Waals surface area contributed by atoms with Gasteiger partial charge in [-0.1, -0.05) is 16.1 Å². The molecule has 0 radical (unpaired) electrons. The topological polar surface area (TPSA) is 70.5 Å². The zero-order chi connectivity index (χ0) is 14.5. The van der Waals surface area contributed by atoms with Crippen LogP contribution in [-0.4, -0.2) is 29.8 Å². The van der Waals surface area contributed by atoms with E-state index >= 15 is 0 Å². The molecule has 6 nitrogen and oxygen atoms in total. The van der Waals surface area contributed by atoms with Crippen LogP contribution in [0.3, 0.4) is 0 Å². The van der Waals surface area contributed by atoms with Crippen LogP contribution in [0.25, 0.3) is 0 Å². The molecule has 1 aromatic carbocycles. The normalized spacial score (nSPS) is 10.2. The molecular weight excluding hydrogens is 304 g/mol. The number of aromatic nitrogens is 2. The number of benzene rings is 1. The quantitative estimate of drug-likeness (QED) is 0.790. The predicted molar refractivity (Wildman–Crippen MR) is 73.6 cm³/mol. The van der Waals surface area contributed by atoms with Gasteiger partial charge in [0.2, 0.25) is 0 Å². The van der Waals surface area contributed by atoms with Crippen molar-refractivity contribution in [2.24, 2.45) is 0 Å². The molecule has 0 unspecified atom stereocenters. The Bertz CT molecular complexity index is 617. The van der Waals surface area contributed by atoms with Crippen LogP contribution in [0.15, 0.2) is 18.2 Å². The average Bonchev–Trinajstić information content (AvgIpc) is 2.89. The number of ether oxygens (including phenoxy) is 3. The molecule has 0 atom stereocenters. The van der Waals surface area contributed by atoms with E-state index < -0.39 is 5.97 Å². The van der Waals surface area contributed by atoms with Crippen LogP contribution in [0.5, 0.6) is 11.5 Å². The third kappa shape index (κ3) is 3.17. The number of hydrogen-bond donors (Lipinski definition) is 0. The Balaban J connectivity index is 2.15. The average molecular weight is 315 g/mol. The highest BCUT2D eigenvalue weighted by molar-refractivity contribution is 7.10. The number of carbonyl (C=O) groups excluding carboxylic acids is 1. The van der Waals surface area contributed by atoms with Gasteiger partial charge in [-0.3, -0.25) is 0 Å². The number of esters is 1. The number of halogens is 1. The fraction of sp³-hybridized carbons (Fsp3) is 0.250. The summed E-state index contributed by atoms with van der Waals surface area (Å²) < 4.78 is 19.6. The molecule has 1 heterocycles. The van der Waals surface area contributed by atoms with Gasteiger partial charge in [0.15, 0.2) is 11.5 Å². The molecule has 0 N–H and O–H groups in total. The lowest BCUT2D eigenvalue weighted by atomic mass is 10.2. The fourth-order valence-corrected chi connectivity index (χ4v) is 2.06. The van der Waals surface area contributed by atoms with Crippen molar-refractivity contribution in [3.05, 3.63) is 33.8 Å². The van der Waals surface area contributed by atoms with E-state index in [0.717, 1.165) is 11.5 Å². The fourth-order valence-electron chi connectivity index (χ4n) is 1.46. The number of hydrogen-bond acceptors (Lipinski definition) is 7. The maximum Gasteiger partial charge on any atom is 0.337 e. The second kappa shape index (κ2) is 6.53. The summed E-state index contributed by atoms with van der Waals surface area (Å²) in [5, 5.41) is 3.84. The Morgan fingerprint density at radius 2 is 2.15 bits per heavy atom. The second-order valence-corrected chi connectivity index (χ2v) is 5.00. The second-order valence-electron chi connectivity index (χ2n) is 3.64. The summed E-state index contributed by atoms with van der Waals surface area (Å²) in [5.74, 6) is 0.457. The monoisotopic (exact) mass is 314 g/mol. The Morgan fingerprint density at radius 3 is 2.75 bits per heavy atom. The molecule has 106 valence electrons. The maximum atomic E-state index is 11.4. The van der Waals surface area contributed by atoms with Crippen molar-refractivity contribution in [1.29, 1.82) is 0 Å². The van der Waals surface area contributed by atoms with E-state index in [-0.39, 0.29) is 6.61 Å². The van der Waals surface area contributed by atoms with Gasteiger partial charge in [-0.25, -0.2) is 4.79 Å². The van der Waals surface area contributed by atoms with E-state index in [2.05, 4.69) is 14.3 Å². The first-order chi connectivity index (χ1) is 9.65. The van der Waals surface area contributed by atoms with E-state index in [1.807, 2.05) is 0 Å². The van der Waals surface area contributed by atoms with E-state index in [4.69, 9.17) is 21.1 Å². The molecule has 0 aliphatic heterocycles. The number of carbonyl (C=O) groups is 1. The lowest BCUT2D eigenvalue weighted by molar-refractivity contribution is 0.0600. The number of rotatable bonds is 5. The van der Waals surface area contributed by atoms with Crippen molar-refractivity contribution in [2.75, 3.05) is 14.2 Å². The third-order valence-corrected chi connectivity index (χ3v) is 3.44. The minimum Gasteiger partial charge on any atom is -0.493 e. The lowest BCUT2D eigenvalue weighted by Crippen LogP contribution is -2.03. The van der Waals surface area contributed by atoms with Crippen LogP contribution in [0, 0.1) is 0 Å². The highest BCUT2D eigenvalue weighted by Crippen LogP contribution is 2.29. The van der Waals surface area contributed by atoms with Crippen molar-refractivity contribution in [3.63, 3.8) is 0 Å². The smallest absolute Gasteiger partial charge is 0.337 e.